The van der Waals surface area contributed by atoms with Crippen molar-refractivity contribution < 1.29 is 14.6 Å². The number of aromatic nitrogens is 3. The Hall–Kier alpha value is -1.38. The minimum Gasteiger partial charge on any atom is -0.481 e. The fourth-order valence-corrected chi connectivity index (χ4v) is 3.28. The minimum atomic E-state index is -0.870. The fraction of sp³-hybridized carbons (Fsp3) is 0.417. The SMILES string of the molecule is COCCn1c(SCC(=O)O)nnc1-c1sccc1C. The normalized spacial score (nSPS) is 10.9. The molecule has 0 spiro atoms. The third kappa shape index (κ3) is 3.38. The Morgan fingerprint density at radius 3 is 2.95 bits per heavy atom. The highest BCUT2D eigenvalue weighted by atomic mass is 32.2. The maximum atomic E-state index is 10.7. The van der Waals surface area contributed by atoms with E-state index < -0.39 is 5.97 Å². The van der Waals surface area contributed by atoms with E-state index in [-0.39, 0.29) is 5.75 Å². The molecule has 0 aliphatic rings. The zero-order chi connectivity index (χ0) is 14.5. The van der Waals surface area contributed by atoms with Gasteiger partial charge in [0.1, 0.15) is 0 Å². The van der Waals surface area contributed by atoms with E-state index in [1.54, 1.807) is 18.4 Å². The number of carboxylic acid groups (broad SMARTS) is 1. The summed E-state index contributed by atoms with van der Waals surface area (Å²) in [7, 11) is 1.63. The van der Waals surface area contributed by atoms with Crippen LogP contribution in [0.25, 0.3) is 10.7 Å². The Morgan fingerprint density at radius 1 is 1.55 bits per heavy atom. The smallest absolute Gasteiger partial charge is 0.313 e. The lowest BCUT2D eigenvalue weighted by Crippen LogP contribution is -2.08. The lowest BCUT2D eigenvalue weighted by Gasteiger charge is -2.08. The minimum absolute atomic E-state index is 0.0332. The first-order chi connectivity index (χ1) is 9.63. The van der Waals surface area contributed by atoms with Crippen LogP contribution in [0.2, 0.25) is 0 Å². The van der Waals surface area contributed by atoms with Gasteiger partial charge in [0.2, 0.25) is 0 Å². The van der Waals surface area contributed by atoms with Gasteiger partial charge in [0.15, 0.2) is 11.0 Å². The van der Waals surface area contributed by atoms with Crippen molar-refractivity contribution in [3.05, 3.63) is 17.0 Å². The van der Waals surface area contributed by atoms with Crippen LogP contribution in [0.1, 0.15) is 5.56 Å². The number of hydrogen-bond acceptors (Lipinski definition) is 6. The molecule has 20 heavy (non-hydrogen) atoms. The van der Waals surface area contributed by atoms with Crippen molar-refractivity contribution in [2.75, 3.05) is 19.5 Å². The number of nitrogens with zero attached hydrogens (tertiary/aromatic N) is 3. The van der Waals surface area contributed by atoms with E-state index in [0.29, 0.717) is 18.3 Å². The quantitative estimate of drug-likeness (QED) is 0.789. The lowest BCUT2D eigenvalue weighted by molar-refractivity contribution is -0.133. The molecule has 0 aliphatic carbocycles. The van der Waals surface area contributed by atoms with Gasteiger partial charge in [-0.25, -0.2) is 0 Å². The number of thioether (sulfide) groups is 1. The number of carbonyl (C=O) groups is 1. The summed E-state index contributed by atoms with van der Waals surface area (Å²) in [5, 5.41) is 19.7. The molecule has 0 atom stereocenters. The Balaban J connectivity index is 2.31. The van der Waals surface area contributed by atoms with Crippen molar-refractivity contribution in [3.8, 4) is 10.7 Å². The van der Waals surface area contributed by atoms with Crippen LogP contribution in [0.3, 0.4) is 0 Å². The molecule has 0 saturated carbocycles. The van der Waals surface area contributed by atoms with Crippen LogP contribution in [0.4, 0.5) is 0 Å². The average molecular weight is 313 g/mol. The van der Waals surface area contributed by atoms with E-state index in [9.17, 15) is 4.79 Å². The lowest BCUT2D eigenvalue weighted by atomic mass is 10.3. The summed E-state index contributed by atoms with van der Waals surface area (Å²) in [5.74, 6) is -0.137. The Labute approximate surface area is 124 Å². The summed E-state index contributed by atoms with van der Waals surface area (Å²) < 4.78 is 7.01. The molecule has 2 aromatic heterocycles. The van der Waals surface area contributed by atoms with Gasteiger partial charge in [-0.3, -0.25) is 9.36 Å². The summed E-state index contributed by atoms with van der Waals surface area (Å²) >= 11 is 2.77. The number of hydrogen-bond donors (Lipinski definition) is 1. The molecule has 2 rings (SSSR count). The molecule has 0 fully saturated rings. The van der Waals surface area contributed by atoms with E-state index in [1.165, 1.54) is 11.8 Å². The average Bonchev–Trinajstić information content (AvgIpc) is 2.99. The number of rotatable bonds is 7. The van der Waals surface area contributed by atoms with Gasteiger partial charge < -0.3 is 9.84 Å². The van der Waals surface area contributed by atoms with E-state index in [1.807, 2.05) is 22.9 Å². The monoisotopic (exact) mass is 313 g/mol. The molecule has 1 N–H and O–H groups in total. The number of carboxylic acids is 1. The van der Waals surface area contributed by atoms with Crippen molar-refractivity contribution in [2.45, 2.75) is 18.6 Å². The third-order valence-electron chi connectivity index (χ3n) is 2.63. The molecule has 0 saturated heterocycles. The first kappa shape index (κ1) is 15.0. The molecule has 2 heterocycles. The summed E-state index contributed by atoms with van der Waals surface area (Å²) in [5.41, 5.74) is 1.14. The zero-order valence-corrected chi connectivity index (χ0v) is 12.8. The maximum absolute atomic E-state index is 10.7. The third-order valence-corrected chi connectivity index (χ3v) is 4.59. The van der Waals surface area contributed by atoms with Gasteiger partial charge >= 0.3 is 5.97 Å². The highest BCUT2D eigenvalue weighted by molar-refractivity contribution is 7.99. The van der Waals surface area contributed by atoms with Crippen molar-refractivity contribution in [1.29, 1.82) is 0 Å². The molecule has 8 heteroatoms. The van der Waals surface area contributed by atoms with Crippen molar-refractivity contribution >= 4 is 29.1 Å². The molecule has 6 nitrogen and oxygen atoms in total. The highest BCUT2D eigenvalue weighted by Gasteiger charge is 2.17. The van der Waals surface area contributed by atoms with Crippen LogP contribution < -0.4 is 0 Å². The molecule has 0 bridgehead atoms. The van der Waals surface area contributed by atoms with Crippen molar-refractivity contribution in [3.63, 3.8) is 0 Å². The van der Waals surface area contributed by atoms with Crippen LogP contribution in [-0.2, 0) is 16.1 Å². The summed E-state index contributed by atoms with van der Waals surface area (Å²) in [6.07, 6.45) is 0. The van der Waals surface area contributed by atoms with Gasteiger partial charge in [0.25, 0.3) is 0 Å². The zero-order valence-electron chi connectivity index (χ0n) is 11.2. The number of ether oxygens (including phenoxy) is 1. The number of aryl methyl sites for hydroxylation is 1. The number of methoxy groups -OCH3 is 1. The summed E-state index contributed by atoms with van der Waals surface area (Å²) in [6.45, 7) is 3.14. The Morgan fingerprint density at radius 2 is 2.35 bits per heavy atom. The second-order valence-corrected chi connectivity index (χ2v) is 5.92. The number of thiophene rings is 1. The van der Waals surface area contributed by atoms with Gasteiger partial charge in [-0.05, 0) is 23.9 Å². The van der Waals surface area contributed by atoms with Crippen LogP contribution in [-0.4, -0.2) is 45.3 Å². The second-order valence-electron chi connectivity index (χ2n) is 4.07. The van der Waals surface area contributed by atoms with Crippen molar-refractivity contribution in [2.24, 2.45) is 0 Å². The highest BCUT2D eigenvalue weighted by Crippen LogP contribution is 2.30. The molecule has 0 aromatic carbocycles. The topological polar surface area (TPSA) is 77.2 Å². The van der Waals surface area contributed by atoms with Crippen LogP contribution in [0.5, 0.6) is 0 Å². The summed E-state index contributed by atoms with van der Waals surface area (Å²) in [4.78, 5) is 11.7. The molecular weight excluding hydrogens is 298 g/mol. The van der Waals surface area contributed by atoms with Gasteiger partial charge in [0, 0.05) is 7.11 Å². The van der Waals surface area contributed by atoms with Gasteiger partial charge in [-0.1, -0.05) is 11.8 Å². The largest absolute Gasteiger partial charge is 0.481 e. The van der Waals surface area contributed by atoms with E-state index in [0.717, 1.165) is 16.3 Å². The Kier molecular flexibility index (Phi) is 5.16. The molecular formula is C12H15N3O3S2. The van der Waals surface area contributed by atoms with Gasteiger partial charge in [-0.2, -0.15) is 0 Å². The summed E-state index contributed by atoms with van der Waals surface area (Å²) in [6, 6.07) is 2.03. The Bertz CT molecular complexity index is 595. The second kappa shape index (κ2) is 6.87. The molecule has 0 aliphatic heterocycles. The predicted molar refractivity (Wildman–Crippen MR) is 78.3 cm³/mol. The standard InChI is InChI=1S/C12H15N3O3S2/c1-8-3-6-19-10(8)11-13-14-12(20-7-9(16)17)15(11)4-5-18-2/h3,6H,4-5,7H2,1-2H3,(H,16,17). The molecule has 108 valence electrons. The van der Waals surface area contributed by atoms with E-state index in [2.05, 4.69) is 10.2 Å². The molecule has 0 radical (unpaired) electrons. The van der Waals surface area contributed by atoms with Crippen LogP contribution >= 0.6 is 23.1 Å². The van der Waals surface area contributed by atoms with E-state index >= 15 is 0 Å². The van der Waals surface area contributed by atoms with Crippen LogP contribution in [0, 0.1) is 6.92 Å². The van der Waals surface area contributed by atoms with Gasteiger partial charge in [0.05, 0.1) is 23.8 Å². The molecule has 0 unspecified atom stereocenters. The molecule has 2 aromatic rings. The predicted octanol–water partition coefficient (Wildman–Crippen LogP) is 2.14. The molecule has 0 amide bonds. The van der Waals surface area contributed by atoms with Crippen molar-refractivity contribution in [1.82, 2.24) is 14.8 Å². The fourth-order valence-electron chi connectivity index (χ4n) is 1.68. The van der Waals surface area contributed by atoms with Gasteiger partial charge in [-0.15, -0.1) is 21.5 Å². The first-order valence-electron chi connectivity index (χ1n) is 5.94. The van der Waals surface area contributed by atoms with E-state index in [4.69, 9.17) is 9.84 Å². The number of aliphatic carboxylic acids is 1. The first-order valence-corrected chi connectivity index (χ1v) is 7.81. The maximum Gasteiger partial charge on any atom is 0.313 e. The van der Waals surface area contributed by atoms with Crippen LogP contribution in [0.15, 0.2) is 16.6 Å².